The van der Waals surface area contributed by atoms with Gasteiger partial charge in [0.1, 0.15) is 6.04 Å². The van der Waals surface area contributed by atoms with Gasteiger partial charge < -0.3 is 10.2 Å². The Hall–Kier alpha value is -2.29. The van der Waals surface area contributed by atoms with Gasteiger partial charge in [0.2, 0.25) is 21.8 Å². The van der Waals surface area contributed by atoms with Gasteiger partial charge in [0, 0.05) is 36.1 Å². The van der Waals surface area contributed by atoms with Crippen LogP contribution < -0.4 is 9.62 Å². The zero-order valence-corrected chi connectivity index (χ0v) is 22.8. The lowest BCUT2D eigenvalue weighted by Crippen LogP contribution is -2.48. The summed E-state index contributed by atoms with van der Waals surface area (Å²) >= 11 is 11.9. The molecule has 1 unspecified atom stereocenters. The summed E-state index contributed by atoms with van der Waals surface area (Å²) in [5.74, 6) is -0.196. The number of sulfonamides is 1. The molecule has 0 heterocycles. The van der Waals surface area contributed by atoms with E-state index in [4.69, 9.17) is 23.2 Å². The van der Waals surface area contributed by atoms with Gasteiger partial charge in [-0.3, -0.25) is 13.9 Å². The average Bonchev–Trinajstić information content (AvgIpc) is 2.79. The van der Waals surface area contributed by atoms with Gasteiger partial charge in [-0.1, -0.05) is 49.2 Å². The van der Waals surface area contributed by atoms with Crippen molar-refractivity contribution in [2.75, 3.05) is 23.7 Å². The lowest BCUT2D eigenvalue weighted by atomic mass is 10.1. The molecule has 2 aromatic carbocycles. The molecular weight excluding hydrogens is 509 g/mol. The third-order valence-corrected chi connectivity index (χ3v) is 7.08. The van der Waals surface area contributed by atoms with Gasteiger partial charge in [0.15, 0.2) is 0 Å². The molecule has 0 saturated heterocycles. The van der Waals surface area contributed by atoms with Gasteiger partial charge in [0.25, 0.3) is 0 Å². The quantitative estimate of drug-likeness (QED) is 0.420. The first-order valence-corrected chi connectivity index (χ1v) is 14.0. The molecule has 0 saturated carbocycles. The van der Waals surface area contributed by atoms with E-state index in [1.54, 1.807) is 43.3 Å². The molecule has 0 aliphatic heterocycles. The third kappa shape index (κ3) is 9.35. The van der Waals surface area contributed by atoms with Crippen molar-refractivity contribution in [3.8, 4) is 0 Å². The Morgan fingerprint density at radius 1 is 0.943 bits per heavy atom. The Bertz CT molecular complexity index is 1090. The monoisotopic (exact) mass is 541 g/mol. The van der Waals surface area contributed by atoms with E-state index in [1.807, 2.05) is 26.0 Å². The summed E-state index contributed by atoms with van der Waals surface area (Å²) < 4.78 is 26.0. The minimum atomic E-state index is -3.56. The van der Waals surface area contributed by atoms with E-state index in [2.05, 4.69) is 5.32 Å². The van der Waals surface area contributed by atoms with Crippen LogP contribution in [0.15, 0.2) is 48.5 Å². The third-order valence-electron chi connectivity index (χ3n) is 5.38. The second-order valence-corrected chi connectivity index (χ2v) is 11.7. The Kier molecular flexibility index (Phi) is 10.9. The van der Waals surface area contributed by atoms with Crippen molar-refractivity contribution in [3.05, 3.63) is 64.1 Å². The second-order valence-electron chi connectivity index (χ2n) is 8.88. The van der Waals surface area contributed by atoms with Crippen LogP contribution >= 0.6 is 23.2 Å². The highest BCUT2D eigenvalue weighted by molar-refractivity contribution is 7.92. The van der Waals surface area contributed by atoms with Crippen LogP contribution in [-0.4, -0.2) is 50.5 Å². The SMILES string of the molecule is CC(C)CNC(=O)C(C)N(Cc1ccc(Cl)cc1)C(=O)CCCN(c1ccc(Cl)cc1)S(C)(=O)=O. The lowest BCUT2D eigenvalue weighted by Gasteiger charge is -2.29. The summed E-state index contributed by atoms with van der Waals surface area (Å²) in [6.45, 7) is 6.55. The molecule has 7 nitrogen and oxygen atoms in total. The molecular formula is C25H33Cl2N3O4S. The average molecular weight is 543 g/mol. The molecule has 10 heteroatoms. The van der Waals surface area contributed by atoms with E-state index >= 15 is 0 Å². The van der Waals surface area contributed by atoms with E-state index in [1.165, 1.54) is 9.21 Å². The van der Waals surface area contributed by atoms with Crippen LogP contribution in [0, 0.1) is 5.92 Å². The van der Waals surface area contributed by atoms with Crippen LogP contribution in [-0.2, 0) is 26.2 Å². The topological polar surface area (TPSA) is 86.8 Å². The van der Waals surface area contributed by atoms with E-state index in [9.17, 15) is 18.0 Å². The van der Waals surface area contributed by atoms with E-state index in [0.717, 1.165) is 11.8 Å². The number of hydrogen-bond donors (Lipinski definition) is 1. The number of anilines is 1. The molecule has 35 heavy (non-hydrogen) atoms. The minimum absolute atomic E-state index is 0.0784. The van der Waals surface area contributed by atoms with Crippen molar-refractivity contribution in [3.63, 3.8) is 0 Å². The van der Waals surface area contributed by atoms with Crippen LogP contribution in [0.1, 0.15) is 39.2 Å². The number of benzene rings is 2. The molecule has 0 spiro atoms. The molecule has 0 aliphatic carbocycles. The van der Waals surface area contributed by atoms with Crippen molar-refractivity contribution in [2.24, 2.45) is 5.92 Å². The van der Waals surface area contributed by atoms with Gasteiger partial charge >= 0.3 is 0 Å². The number of nitrogens with one attached hydrogen (secondary N) is 1. The first-order valence-electron chi connectivity index (χ1n) is 11.4. The van der Waals surface area contributed by atoms with Crippen LogP contribution in [0.4, 0.5) is 5.69 Å². The van der Waals surface area contributed by atoms with Gasteiger partial charge in [-0.05, 0) is 61.2 Å². The highest BCUT2D eigenvalue weighted by Crippen LogP contribution is 2.21. The fourth-order valence-corrected chi connectivity index (χ4v) is 4.65. The Labute approximate surface area is 218 Å². The molecule has 0 aliphatic rings. The minimum Gasteiger partial charge on any atom is -0.354 e. The fourth-order valence-electron chi connectivity index (χ4n) is 3.43. The van der Waals surface area contributed by atoms with E-state index in [0.29, 0.717) is 22.3 Å². The molecule has 0 aromatic heterocycles. The van der Waals surface area contributed by atoms with E-state index < -0.39 is 16.1 Å². The number of halogens is 2. The maximum absolute atomic E-state index is 13.2. The molecule has 2 rings (SSSR count). The summed E-state index contributed by atoms with van der Waals surface area (Å²) in [6, 6.07) is 12.9. The number of carbonyl (C=O) groups is 2. The summed E-state index contributed by atoms with van der Waals surface area (Å²) in [7, 11) is -3.56. The standard InChI is InChI=1S/C25H33Cl2N3O4S/c1-18(2)16-28-25(32)19(3)29(17-20-7-9-21(26)10-8-20)24(31)6-5-15-30(35(4,33)34)23-13-11-22(27)12-14-23/h7-14,18-19H,5-6,15-17H2,1-4H3,(H,28,32). The smallest absolute Gasteiger partial charge is 0.242 e. The molecule has 0 fully saturated rings. The molecule has 0 radical (unpaired) electrons. The zero-order chi connectivity index (χ0) is 26.2. The Morgan fingerprint density at radius 2 is 1.49 bits per heavy atom. The largest absolute Gasteiger partial charge is 0.354 e. The summed E-state index contributed by atoms with van der Waals surface area (Å²) in [6.07, 6.45) is 1.48. The van der Waals surface area contributed by atoms with Gasteiger partial charge in [0.05, 0.1) is 11.9 Å². The van der Waals surface area contributed by atoms with Crippen LogP contribution in [0.25, 0.3) is 0 Å². The lowest BCUT2D eigenvalue weighted by molar-refractivity contribution is -0.140. The molecule has 2 amide bonds. The Morgan fingerprint density at radius 3 is 2.00 bits per heavy atom. The second kappa shape index (κ2) is 13.1. The normalized spacial score (nSPS) is 12.3. The predicted octanol–water partition coefficient (Wildman–Crippen LogP) is 4.73. The number of carbonyl (C=O) groups excluding carboxylic acids is 2. The van der Waals surface area contributed by atoms with Crippen molar-refractivity contribution < 1.29 is 18.0 Å². The molecule has 1 atom stereocenters. The van der Waals surface area contributed by atoms with Gasteiger partial charge in [-0.15, -0.1) is 0 Å². The number of rotatable bonds is 12. The number of nitrogens with zero attached hydrogens (tertiary/aromatic N) is 2. The fraction of sp³-hybridized carbons (Fsp3) is 0.440. The maximum atomic E-state index is 13.2. The van der Waals surface area contributed by atoms with E-state index in [-0.39, 0.29) is 43.7 Å². The highest BCUT2D eigenvalue weighted by atomic mass is 35.5. The zero-order valence-electron chi connectivity index (χ0n) is 20.5. The van der Waals surface area contributed by atoms with Crippen molar-refractivity contribution in [1.82, 2.24) is 10.2 Å². The van der Waals surface area contributed by atoms with Gasteiger partial charge in [-0.2, -0.15) is 0 Å². The summed E-state index contributed by atoms with van der Waals surface area (Å²) in [5.41, 5.74) is 1.31. The van der Waals surface area contributed by atoms with Crippen LogP contribution in [0.2, 0.25) is 10.0 Å². The van der Waals surface area contributed by atoms with Crippen molar-refractivity contribution >= 4 is 50.7 Å². The molecule has 0 bridgehead atoms. The number of amides is 2. The molecule has 2 aromatic rings. The molecule has 1 N–H and O–H groups in total. The summed E-state index contributed by atoms with van der Waals surface area (Å²) in [4.78, 5) is 27.5. The summed E-state index contributed by atoms with van der Waals surface area (Å²) in [5, 5.41) is 3.96. The van der Waals surface area contributed by atoms with Gasteiger partial charge in [-0.25, -0.2) is 8.42 Å². The van der Waals surface area contributed by atoms with Crippen LogP contribution in [0.3, 0.4) is 0 Å². The molecule has 192 valence electrons. The highest BCUT2D eigenvalue weighted by Gasteiger charge is 2.26. The predicted molar refractivity (Wildman–Crippen MR) is 142 cm³/mol. The van der Waals surface area contributed by atoms with Crippen molar-refractivity contribution in [1.29, 1.82) is 0 Å². The first-order chi connectivity index (χ1) is 16.4. The van der Waals surface area contributed by atoms with Crippen molar-refractivity contribution in [2.45, 2.75) is 46.2 Å². The Balaban J connectivity index is 2.14. The van der Waals surface area contributed by atoms with Crippen LogP contribution in [0.5, 0.6) is 0 Å². The maximum Gasteiger partial charge on any atom is 0.242 e. The number of hydrogen-bond acceptors (Lipinski definition) is 4. The first kappa shape index (κ1) is 28.9.